The van der Waals surface area contributed by atoms with Crippen LogP contribution in [0.3, 0.4) is 0 Å². The van der Waals surface area contributed by atoms with Gasteiger partial charge < -0.3 is 20.1 Å². The van der Waals surface area contributed by atoms with Gasteiger partial charge in [-0.05, 0) is 62.2 Å². The summed E-state index contributed by atoms with van der Waals surface area (Å²) in [6.45, 7) is 5.10. The van der Waals surface area contributed by atoms with E-state index in [1.165, 1.54) is 6.20 Å². The third-order valence-corrected chi connectivity index (χ3v) is 7.05. The minimum Gasteiger partial charge on any atom is -0.338 e. The number of halogens is 2. The lowest BCUT2D eigenvalue weighted by molar-refractivity contribution is 0.312. The summed E-state index contributed by atoms with van der Waals surface area (Å²) in [5.74, 6) is 0.210. The zero-order chi connectivity index (χ0) is 22.2. The summed E-state index contributed by atoms with van der Waals surface area (Å²) in [6, 6.07) is 10.7. The molecule has 6 nitrogen and oxygen atoms in total. The van der Waals surface area contributed by atoms with E-state index < -0.39 is 7.14 Å². The average molecular weight is 460 g/mol. The minimum absolute atomic E-state index is 0.212. The molecular weight excluding hydrogens is 436 g/mol. The number of nitrogens with zero attached hydrogens (tertiary/aromatic N) is 3. The van der Waals surface area contributed by atoms with E-state index in [-0.39, 0.29) is 11.8 Å². The first kappa shape index (κ1) is 21.8. The number of benzene rings is 2. The minimum atomic E-state index is -2.52. The predicted molar refractivity (Wildman–Crippen MR) is 126 cm³/mol. The van der Waals surface area contributed by atoms with Crippen LogP contribution in [0, 0.1) is 5.82 Å². The van der Waals surface area contributed by atoms with Crippen molar-refractivity contribution in [2.24, 2.45) is 0 Å². The van der Waals surface area contributed by atoms with E-state index in [1.807, 2.05) is 37.4 Å². The van der Waals surface area contributed by atoms with E-state index >= 15 is 0 Å². The maximum Gasteiger partial charge on any atom is 0.229 e. The second kappa shape index (κ2) is 8.58. The smallest absolute Gasteiger partial charge is 0.229 e. The van der Waals surface area contributed by atoms with Crippen molar-refractivity contribution in [1.82, 2.24) is 14.9 Å². The van der Waals surface area contributed by atoms with Crippen LogP contribution in [0.25, 0.3) is 0 Å². The second-order valence-electron chi connectivity index (χ2n) is 8.10. The monoisotopic (exact) mass is 459 g/mol. The number of nitrogens with one attached hydrogen (secondary N) is 2. The molecule has 1 aliphatic rings. The molecule has 0 bridgehead atoms. The Kier molecular flexibility index (Phi) is 6.02. The number of para-hydroxylation sites is 1. The lowest BCUT2D eigenvalue weighted by Gasteiger charge is -2.25. The van der Waals surface area contributed by atoms with E-state index in [4.69, 9.17) is 11.6 Å². The molecule has 4 rings (SSSR count). The number of aromatic nitrogens is 2. The Morgan fingerprint density at radius 3 is 2.68 bits per heavy atom. The quantitative estimate of drug-likeness (QED) is 0.524. The molecule has 31 heavy (non-hydrogen) atoms. The van der Waals surface area contributed by atoms with E-state index in [1.54, 1.807) is 19.4 Å². The largest absolute Gasteiger partial charge is 0.338 e. The normalized spacial score (nSPS) is 14.2. The van der Waals surface area contributed by atoms with Crippen LogP contribution < -0.4 is 15.9 Å². The van der Waals surface area contributed by atoms with Gasteiger partial charge in [-0.2, -0.15) is 4.98 Å². The van der Waals surface area contributed by atoms with Crippen LogP contribution in [0.15, 0.2) is 42.6 Å². The molecule has 0 spiro atoms. The molecule has 0 amide bonds. The summed E-state index contributed by atoms with van der Waals surface area (Å²) in [7, 11) is -0.471. The highest BCUT2D eigenvalue weighted by molar-refractivity contribution is 7.70. The molecule has 1 aliphatic heterocycles. The molecule has 0 aliphatic carbocycles. The number of rotatable bonds is 5. The van der Waals surface area contributed by atoms with Gasteiger partial charge in [-0.25, -0.2) is 9.37 Å². The number of likely N-dealkylation sites (N-methyl/N-ethyl adjacent to an activating group) is 1. The maximum atomic E-state index is 14.7. The van der Waals surface area contributed by atoms with Crippen LogP contribution in [-0.2, 0) is 17.5 Å². The van der Waals surface area contributed by atoms with E-state index in [0.29, 0.717) is 27.5 Å². The van der Waals surface area contributed by atoms with Gasteiger partial charge >= 0.3 is 0 Å². The van der Waals surface area contributed by atoms with E-state index in [2.05, 4.69) is 25.5 Å². The Labute approximate surface area is 186 Å². The van der Waals surface area contributed by atoms with Gasteiger partial charge in [0.1, 0.15) is 18.0 Å². The fourth-order valence-corrected chi connectivity index (χ4v) is 4.92. The van der Waals surface area contributed by atoms with E-state index in [9.17, 15) is 8.96 Å². The first-order chi connectivity index (χ1) is 14.7. The summed E-state index contributed by atoms with van der Waals surface area (Å²) >= 11 is 6.29. The third-order valence-electron chi connectivity index (χ3n) is 5.22. The molecule has 1 aromatic heterocycles. The van der Waals surface area contributed by atoms with Crippen molar-refractivity contribution in [1.29, 1.82) is 0 Å². The fourth-order valence-electron chi connectivity index (χ4n) is 3.63. The molecule has 162 valence electrons. The molecule has 0 fully saturated rings. The number of fused-ring (bicyclic) bond motifs is 1. The SMILES string of the molecule is CN1CCc2cc(F)c(Nc3ncc(Cl)c(Nc4ccccc4P(C)(C)=O)n3)cc2C1. The highest BCUT2D eigenvalue weighted by Gasteiger charge is 2.19. The predicted octanol–water partition coefficient (Wildman–Crippen LogP) is 4.99. The molecule has 0 unspecified atom stereocenters. The van der Waals surface area contributed by atoms with Crippen LogP contribution in [0.4, 0.5) is 27.5 Å². The van der Waals surface area contributed by atoms with Crippen molar-refractivity contribution < 1.29 is 8.96 Å². The first-order valence-corrected chi connectivity index (χ1v) is 12.9. The summed E-state index contributed by atoms with van der Waals surface area (Å²) in [5.41, 5.74) is 3.08. The van der Waals surface area contributed by atoms with Crippen molar-refractivity contribution >= 4 is 47.2 Å². The summed E-state index contributed by atoms with van der Waals surface area (Å²) in [5, 5.41) is 7.11. The Bertz CT molecular complexity index is 1180. The molecule has 9 heteroatoms. The zero-order valence-corrected chi connectivity index (χ0v) is 19.3. The number of anilines is 4. The number of hydrogen-bond acceptors (Lipinski definition) is 6. The van der Waals surface area contributed by atoms with Gasteiger partial charge in [-0.3, -0.25) is 0 Å². The zero-order valence-electron chi connectivity index (χ0n) is 17.6. The molecule has 2 aromatic carbocycles. The standard InChI is InChI=1S/C22H24ClFN5OP/c1-29-9-8-14-10-17(24)19(11-15(14)13-29)27-22-25-12-16(23)21(28-22)26-18-6-4-5-7-20(18)31(2,3)30/h4-7,10-12H,8-9,13H2,1-3H3,(H2,25,26,27,28). The fraction of sp³-hybridized carbons (Fsp3) is 0.273. The Balaban J connectivity index is 1.63. The van der Waals surface area contributed by atoms with Gasteiger partial charge in [0.25, 0.3) is 0 Å². The van der Waals surface area contributed by atoms with Crippen LogP contribution in [0.5, 0.6) is 0 Å². The van der Waals surface area contributed by atoms with Gasteiger partial charge in [0.2, 0.25) is 5.95 Å². The van der Waals surface area contributed by atoms with Gasteiger partial charge in [-0.15, -0.1) is 0 Å². The van der Waals surface area contributed by atoms with Gasteiger partial charge in [-0.1, -0.05) is 23.7 Å². The molecule has 2 heterocycles. The number of hydrogen-bond donors (Lipinski definition) is 2. The lowest BCUT2D eigenvalue weighted by Crippen LogP contribution is -2.26. The van der Waals surface area contributed by atoms with Gasteiger partial charge in [0.15, 0.2) is 5.82 Å². The van der Waals surface area contributed by atoms with Crippen molar-refractivity contribution in [2.45, 2.75) is 13.0 Å². The summed E-state index contributed by atoms with van der Waals surface area (Å²) in [4.78, 5) is 10.8. The molecule has 0 saturated heterocycles. The summed E-state index contributed by atoms with van der Waals surface area (Å²) < 4.78 is 27.3. The third kappa shape index (κ3) is 4.90. The molecule has 3 aromatic rings. The van der Waals surface area contributed by atoms with Crippen LogP contribution in [0.2, 0.25) is 5.02 Å². The average Bonchev–Trinajstić information content (AvgIpc) is 2.71. The molecule has 2 N–H and O–H groups in total. The van der Waals surface area contributed by atoms with Crippen molar-refractivity contribution in [2.75, 3.05) is 37.6 Å². The van der Waals surface area contributed by atoms with Crippen LogP contribution in [-0.4, -0.2) is 41.8 Å². The Morgan fingerprint density at radius 1 is 1.13 bits per heavy atom. The highest BCUT2D eigenvalue weighted by Crippen LogP contribution is 2.38. The molecule has 0 radical (unpaired) electrons. The molecule has 0 saturated carbocycles. The highest BCUT2D eigenvalue weighted by atomic mass is 35.5. The summed E-state index contributed by atoms with van der Waals surface area (Å²) in [6.07, 6.45) is 2.27. The maximum absolute atomic E-state index is 14.7. The molecular formula is C22H24ClFN5OP. The van der Waals surface area contributed by atoms with Crippen LogP contribution in [0.1, 0.15) is 11.1 Å². The topological polar surface area (TPSA) is 70.2 Å². The van der Waals surface area contributed by atoms with E-state index in [0.717, 1.165) is 30.6 Å². The first-order valence-electron chi connectivity index (χ1n) is 9.92. The van der Waals surface area contributed by atoms with Crippen molar-refractivity contribution in [3.8, 4) is 0 Å². The Hall–Kier alpha value is -2.47. The lowest BCUT2D eigenvalue weighted by atomic mass is 9.99. The Morgan fingerprint density at radius 2 is 1.90 bits per heavy atom. The van der Waals surface area contributed by atoms with Gasteiger partial charge in [0.05, 0.1) is 17.6 Å². The van der Waals surface area contributed by atoms with Crippen molar-refractivity contribution in [3.63, 3.8) is 0 Å². The molecule has 0 atom stereocenters. The van der Waals surface area contributed by atoms with Crippen LogP contribution >= 0.6 is 18.7 Å². The van der Waals surface area contributed by atoms with Gasteiger partial charge in [0, 0.05) is 18.4 Å². The van der Waals surface area contributed by atoms with Crippen molar-refractivity contribution in [3.05, 3.63) is 64.6 Å². The second-order valence-corrected chi connectivity index (χ2v) is 11.7.